The van der Waals surface area contributed by atoms with Gasteiger partial charge in [-0.15, -0.1) is 0 Å². The van der Waals surface area contributed by atoms with Crippen molar-refractivity contribution in [2.45, 2.75) is 24.9 Å². The van der Waals surface area contributed by atoms with Gasteiger partial charge in [0.1, 0.15) is 5.54 Å². The van der Waals surface area contributed by atoms with Crippen LogP contribution in [0.5, 0.6) is 0 Å². The Kier molecular flexibility index (Phi) is 3.62. The number of nitrogens with two attached hydrogens (primary N) is 1. The van der Waals surface area contributed by atoms with Gasteiger partial charge < -0.3 is 15.8 Å². The molecule has 6 nitrogen and oxygen atoms in total. The number of rotatable bonds is 2. The normalized spacial score (nSPS) is 20.9. The summed E-state index contributed by atoms with van der Waals surface area (Å²) >= 11 is 3.41. The predicted octanol–water partition coefficient (Wildman–Crippen LogP) is 1.63. The highest BCUT2D eigenvalue weighted by Gasteiger charge is 2.51. The van der Waals surface area contributed by atoms with Crippen molar-refractivity contribution >= 4 is 33.6 Å². The van der Waals surface area contributed by atoms with E-state index in [2.05, 4.69) is 21.2 Å². The van der Waals surface area contributed by atoms with Gasteiger partial charge in [-0.25, -0.2) is 4.79 Å². The number of amides is 3. The minimum absolute atomic E-state index is 0.167. The Bertz CT molecular complexity index is 599. The minimum atomic E-state index is -0.782. The van der Waals surface area contributed by atoms with E-state index >= 15 is 0 Å². The van der Waals surface area contributed by atoms with Gasteiger partial charge in [-0.05, 0) is 17.7 Å². The Balaban J connectivity index is 1.82. The van der Waals surface area contributed by atoms with Crippen molar-refractivity contribution in [1.82, 2.24) is 10.2 Å². The number of nitrogen functional groups attached to an aromatic ring is 1. The molecule has 0 atom stereocenters. The van der Waals surface area contributed by atoms with Crippen LogP contribution >= 0.6 is 15.9 Å². The van der Waals surface area contributed by atoms with Crippen LogP contribution < -0.4 is 11.1 Å². The van der Waals surface area contributed by atoms with Gasteiger partial charge in [0.25, 0.3) is 5.91 Å². The van der Waals surface area contributed by atoms with Crippen molar-refractivity contribution < 1.29 is 14.3 Å². The number of nitrogens with one attached hydrogen (secondary N) is 1. The van der Waals surface area contributed by atoms with Gasteiger partial charge in [-0.1, -0.05) is 22.0 Å². The number of nitrogens with zero attached hydrogens (tertiary/aromatic N) is 1. The Morgan fingerprint density at radius 3 is 2.71 bits per heavy atom. The van der Waals surface area contributed by atoms with Gasteiger partial charge in [-0.3, -0.25) is 9.69 Å². The largest absolute Gasteiger partial charge is 0.399 e. The summed E-state index contributed by atoms with van der Waals surface area (Å²) in [7, 11) is 0. The van der Waals surface area contributed by atoms with Gasteiger partial charge in [0, 0.05) is 36.2 Å². The maximum atomic E-state index is 12.6. The molecule has 0 aliphatic carbocycles. The maximum absolute atomic E-state index is 12.6. The third kappa shape index (κ3) is 2.51. The first kappa shape index (κ1) is 14.3. The minimum Gasteiger partial charge on any atom is -0.399 e. The number of benzene rings is 1. The summed E-state index contributed by atoms with van der Waals surface area (Å²) in [6, 6.07) is 4.99. The van der Waals surface area contributed by atoms with Crippen molar-refractivity contribution in [1.29, 1.82) is 0 Å². The van der Waals surface area contributed by atoms with E-state index in [9.17, 15) is 9.59 Å². The highest BCUT2D eigenvalue weighted by Crippen LogP contribution is 2.30. The molecule has 1 aromatic carbocycles. The zero-order valence-electron chi connectivity index (χ0n) is 11.4. The standard InChI is InChI=1S/C14H16BrN3O3/c15-11-7-10(16)2-1-9(11)8-18-12(19)14(17-13(18)20)3-5-21-6-4-14/h1-2,7H,3-6,8,16H2,(H,17,20). The van der Waals surface area contributed by atoms with Crippen LogP contribution in [-0.2, 0) is 16.1 Å². The lowest BCUT2D eigenvalue weighted by Gasteiger charge is -2.30. The van der Waals surface area contributed by atoms with Gasteiger partial charge in [0.15, 0.2) is 0 Å². The molecule has 1 spiro atoms. The van der Waals surface area contributed by atoms with E-state index in [0.717, 1.165) is 10.0 Å². The molecule has 2 aliphatic heterocycles. The molecule has 0 unspecified atom stereocenters. The smallest absolute Gasteiger partial charge is 0.325 e. The molecule has 0 radical (unpaired) electrons. The third-order valence-electron chi connectivity index (χ3n) is 4.00. The molecular weight excluding hydrogens is 338 g/mol. The van der Waals surface area contributed by atoms with Crippen LogP contribution in [0, 0.1) is 0 Å². The first-order chi connectivity index (χ1) is 10.0. The molecule has 21 heavy (non-hydrogen) atoms. The quantitative estimate of drug-likeness (QED) is 0.625. The highest BCUT2D eigenvalue weighted by molar-refractivity contribution is 9.10. The first-order valence-corrected chi connectivity index (χ1v) is 7.57. The van der Waals surface area contributed by atoms with Gasteiger partial charge in [-0.2, -0.15) is 0 Å². The molecule has 3 amide bonds. The second-order valence-electron chi connectivity index (χ2n) is 5.37. The molecule has 0 bridgehead atoms. The van der Waals surface area contributed by atoms with E-state index in [4.69, 9.17) is 10.5 Å². The number of ether oxygens (including phenoxy) is 1. The van der Waals surface area contributed by atoms with Crippen molar-refractivity contribution in [3.05, 3.63) is 28.2 Å². The molecule has 2 heterocycles. The average Bonchev–Trinajstić information content (AvgIpc) is 2.67. The van der Waals surface area contributed by atoms with Crippen molar-refractivity contribution in [3.63, 3.8) is 0 Å². The number of halogens is 1. The Morgan fingerprint density at radius 2 is 2.05 bits per heavy atom. The predicted molar refractivity (Wildman–Crippen MR) is 80.4 cm³/mol. The molecule has 7 heteroatoms. The van der Waals surface area contributed by atoms with E-state index in [-0.39, 0.29) is 18.5 Å². The van der Waals surface area contributed by atoms with E-state index in [1.54, 1.807) is 12.1 Å². The molecule has 112 valence electrons. The van der Waals surface area contributed by atoms with E-state index in [0.29, 0.717) is 31.7 Å². The van der Waals surface area contributed by atoms with Gasteiger partial charge >= 0.3 is 6.03 Å². The number of urea groups is 1. The topological polar surface area (TPSA) is 84.7 Å². The molecule has 2 fully saturated rings. The molecule has 1 aromatic rings. The number of hydrogen-bond donors (Lipinski definition) is 2. The first-order valence-electron chi connectivity index (χ1n) is 6.78. The summed E-state index contributed by atoms with van der Waals surface area (Å²) in [4.78, 5) is 26.0. The summed E-state index contributed by atoms with van der Waals surface area (Å²) in [5.41, 5.74) is 6.39. The second kappa shape index (κ2) is 5.31. The van der Waals surface area contributed by atoms with Crippen LogP contribution in [0.25, 0.3) is 0 Å². The zero-order valence-corrected chi connectivity index (χ0v) is 13.0. The fourth-order valence-electron chi connectivity index (χ4n) is 2.74. The molecule has 2 saturated heterocycles. The van der Waals surface area contributed by atoms with Crippen LogP contribution in [0.2, 0.25) is 0 Å². The summed E-state index contributed by atoms with van der Waals surface area (Å²) < 4.78 is 6.07. The maximum Gasteiger partial charge on any atom is 0.325 e. The Labute approximate surface area is 130 Å². The SMILES string of the molecule is Nc1ccc(CN2C(=O)NC3(CCOCC3)C2=O)c(Br)c1. The van der Waals surface area contributed by atoms with Crippen molar-refractivity contribution in [3.8, 4) is 0 Å². The van der Waals surface area contributed by atoms with Crippen LogP contribution in [0.4, 0.5) is 10.5 Å². The number of hydrogen-bond acceptors (Lipinski definition) is 4. The molecule has 3 N–H and O–H groups in total. The molecule has 0 aromatic heterocycles. The summed E-state index contributed by atoms with van der Waals surface area (Å²) in [5, 5.41) is 2.84. The van der Waals surface area contributed by atoms with E-state index < -0.39 is 5.54 Å². The van der Waals surface area contributed by atoms with Crippen LogP contribution in [0.15, 0.2) is 22.7 Å². The van der Waals surface area contributed by atoms with E-state index in [1.807, 2.05) is 6.07 Å². The number of imide groups is 1. The summed E-state index contributed by atoms with van der Waals surface area (Å²) in [6.07, 6.45) is 1.05. The molecule has 0 saturated carbocycles. The van der Waals surface area contributed by atoms with Crippen LogP contribution in [0.1, 0.15) is 18.4 Å². The summed E-state index contributed by atoms with van der Waals surface area (Å²) in [5.74, 6) is -0.167. The lowest BCUT2D eigenvalue weighted by atomic mass is 9.90. The van der Waals surface area contributed by atoms with Gasteiger partial charge in [0.2, 0.25) is 0 Å². The third-order valence-corrected chi connectivity index (χ3v) is 4.74. The Hall–Kier alpha value is -1.60. The van der Waals surface area contributed by atoms with Crippen molar-refractivity contribution in [2.75, 3.05) is 18.9 Å². The monoisotopic (exact) mass is 353 g/mol. The molecule has 2 aliphatic rings. The molecular formula is C14H16BrN3O3. The van der Waals surface area contributed by atoms with Crippen molar-refractivity contribution in [2.24, 2.45) is 0 Å². The fourth-order valence-corrected chi connectivity index (χ4v) is 3.26. The summed E-state index contributed by atoms with van der Waals surface area (Å²) in [6.45, 7) is 1.21. The lowest BCUT2D eigenvalue weighted by Crippen LogP contribution is -2.51. The second-order valence-corrected chi connectivity index (χ2v) is 6.22. The Morgan fingerprint density at radius 1 is 1.33 bits per heavy atom. The number of carbonyl (C=O) groups excluding carboxylic acids is 2. The van der Waals surface area contributed by atoms with Gasteiger partial charge in [0.05, 0.1) is 6.54 Å². The number of carbonyl (C=O) groups is 2. The van der Waals surface area contributed by atoms with Crippen LogP contribution in [-0.4, -0.2) is 35.6 Å². The lowest BCUT2D eigenvalue weighted by molar-refractivity contribution is -0.134. The average molecular weight is 354 g/mol. The highest BCUT2D eigenvalue weighted by atomic mass is 79.9. The fraction of sp³-hybridized carbons (Fsp3) is 0.429. The number of anilines is 1. The van der Waals surface area contributed by atoms with Crippen LogP contribution in [0.3, 0.4) is 0 Å². The molecule has 3 rings (SSSR count). The zero-order chi connectivity index (χ0) is 15.0. The van der Waals surface area contributed by atoms with E-state index in [1.165, 1.54) is 4.90 Å².